The molecule has 21 heavy (non-hydrogen) atoms. The molecule has 0 fully saturated rings. The molecule has 0 aliphatic rings. The zero-order valence-corrected chi connectivity index (χ0v) is 12.7. The Morgan fingerprint density at radius 2 is 2.05 bits per heavy atom. The van der Waals surface area contributed by atoms with Crippen molar-refractivity contribution < 1.29 is 8.42 Å². The maximum atomic E-state index is 11.9. The molecule has 0 radical (unpaired) electrons. The summed E-state index contributed by atoms with van der Waals surface area (Å²) in [5, 5.41) is 13.2. The average molecular weight is 305 g/mol. The number of nitrogens with two attached hydrogens (primary N) is 1. The molecule has 1 heterocycles. The van der Waals surface area contributed by atoms with E-state index < -0.39 is 9.84 Å². The largest absolute Gasteiger partial charge is 0.382 e. The number of anilines is 2. The highest BCUT2D eigenvalue weighted by Crippen LogP contribution is 2.31. The Hall–Kier alpha value is -2.53. The quantitative estimate of drug-likeness (QED) is 0.899. The van der Waals surface area contributed by atoms with E-state index in [2.05, 4.69) is 5.10 Å². The van der Waals surface area contributed by atoms with Crippen molar-refractivity contribution in [2.75, 3.05) is 31.0 Å². The Kier molecular flexibility index (Phi) is 3.61. The van der Waals surface area contributed by atoms with Gasteiger partial charge in [-0.05, 0) is 18.2 Å². The molecule has 2 aromatic rings. The fraction of sp³-hybridized carbons (Fsp3) is 0.231. The molecule has 0 spiro atoms. The van der Waals surface area contributed by atoms with E-state index in [9.17, 15) is 8.42 Å². The smallest absolute Gasteiger partial charge is 0.182 e. The van der Waals surface area contributed by atoms with E-state index in [-0.39, 0.29) is 16.5 Å². The molecule has 0 bridgehead atoms. The molecule has 0 saturated carbocycles. The Bertz CT molecular complexity index is 831. The van der Waals surface area contributed by atoms with Gasteiger partial charge < -0.3 is 10.6 Å². The molecule has 0 amide bonds. The standard InChI is InChI=1S/C13H15N5O2S/c1-17(2)13-11(21(3,19)20)12(15)18(16-13)10-6-4-5-9(7-10)8-14/h4-7H,15H2,1-3H3. The van der Waals surface area contributed by atoms with Crippen molar-refractivity contribution in [2.24, 2.45) is 0 Å². The zero-order chi connectivity index (χ0) is 15.8. The van der Waals surface area contributed by atoms with Crippen molar-refractivity contribution in [3.05, 3.63) is 29.8 Å². The highest BCUT2D eigenvalue weighted by atomic mass is 32.2. The monoisotopic (exact) mass is 305 g/mol. The van der Waals surface area contributed by atoms with Gasteiger partial charge in [0.25, 0.3) is 0 Å². The third kappa shape index (κ3) is 2.68. The number of nitrogens with zero attached hydrogens (tertiary/aromatic N) is 4. The van der Waals surface area contributed by atoms with Crippen molar-refractivity contribution in [3.8, 4) is 11.8 Å². The molecular weight excluding hydrogens is 290 g/mol. The first-order valence-corrected chi connectivity index (χ1v) is 7.91. The lowest BCUT2D eigenvalue weighted by Gasteiger charge is -2.09. The first-order valence-electron chi connectivity index (χ1n) is 6.02. The lowest BCUT2D eigenvalue weighted by Crippen LogP contribution is -2.13. The van der Waals surface area contributed by atoms with Crippen molar-refractivity contribution in [3.63, 3.8) is 0 Å². The molecular formula is C13H15N5O2S. The molecule has 0 aliphatic heterocycles. The van der Waals surface area contributed by atoms with Crippen LogP contribution in [0.25, 0.3) is 5.69 Å². The van der Waals surface area contributed by atoms with E-state index in [0.29, 0.717) is 11.3 Å². The van der Waals surface area contributed by atoms with Gasteiger partial charge in [0, 0.05) is 20.4 Å². The fourth-order valence-corrected chi connectivity index (χ4v) is 2.98. The first-order chi connectivity index (χ1) is 9.75. The van der Waals surface area contributed by atoms with Gasteiger partial charge in [-0.3, -0.25) is 0 Å². The molecule has 0 saturated heterocycles. The van der Waals surface area contributed by atoms with Crippen LogP contribution < -0.4 is 10.6 Å². The number of nitriles is 1. The van der Waals surface area contributed by atoms with Crippen LogP contribution in [-0.4, -0.2) is 38.5 Å². The molecule has 2 rings (SSSR count). The van der Waals surface area contributed by atoms with Crippen LogP contribution in [0.5, 0.6) is 0 Å². The van der Waals surface area contributed by atoms with E-state index in [4.69, 9.17) is 11.0 Å². The minimum atomic E-state index is -3.53. The van der Waals surface area contributed by atoms with Gasteiger partial charge in [-0.2, -0.15) is 5.26 Å². The number of hydrogen-bond donors (Lipinski definition) is 1. The number of aromatic nitrogens is 2. The zero-order valence-electron chi connectivity index (χ0n) is 11.9. The summed E-state index contributed by atoms with van der Waals surface area (Å²) in [6.45, 7) is 0. The molecule has 8 heteroatoms. The van der Waals surface area contributed by atoms with Crippen molar-refractivity contribution >= 4 is 21.5 Å². The van der Waals surface area contributed by atoms with Gasteiger partial charge in [0.15, 0.2) is 20.6 Å². The van der Waals surface area contributed by atoms with Gasteiger partial charge in [-0.25, -0.2) is 13.1 Å². The second kappa shape index (κ2) is 5.10. The summed E-state index contributed by atoms with van der Waals surface area (Å²) in [5.41, 5.74) is 6.93. The third-order valence-corrected chi connectivity index (χ3v) is 4.01. The average Bonchev–Trinajstić information content (AvgIpc) is 2.76. The first kappa shape index (κ1) is 14.9. The van der Waals surface area contributed by atoms with E-state index in [1.165, 1.54) is 4.68 Å². The molecule has 0 aliphatic carbocycles. The normalized spacial score (nSPS) is 11.1. The van der Waals surface area contributed by atoms with Gasteiger partial charge in [0.05, 0.1) is 17.3 Å². The SMILES string of the molecule is CN(C)c1nn(-c2cccc(C#N)c2)c(N)c1S(C)(=O)=O. The minimum absolute atomic E-state index is 0.0186. The Labute approximate surface area is 123 Å². The lowest BCUT2D eigenvalue weighted by atomic mass is 10.2. The Morgan fingerprint density at radius 1 is 1.38 bits per heavy atom. The molecule has 0 atom stereocenters. The van der Waals surface area contributed by atoms with Crippen molar-refractivity contribution in [2.45, 2.75) is 4.90 Å². The van der Waals surface area contributed by atoms with Crippen LogP contribution in [0.2, 0.25) is 0 Å². The summed E-state index contributed by atoms with van der Waals surface area (Å²) in [4.78, 5) is 1.56. The molecule has 7 nitrogen and oxygen atoms in total. The molecule has 110 valence electrons. The van der Waals surface area contributed by atoms with E-state index >= 15 is 0 Å². The predicted molar refractivity (Wildman–Crippen MR) is 80.1 cm³/mol. The highest BCUT2D eigenvalue weighted by molar-refractivity contribution is 7.91. The lowest BCUT2D eigenvalue weighted by molar-refractivity contribution is 0.602. The van der Waals surface area contributed by atoms with Gasteiger partial charge in [-0.1, -0.05) is 6.07 Å². The topological polar surface area (TPSA) is 105 Å². The Balaban J connectivity index is 2.75. The van der Waals surface area contributed by atoms with Crippen LogP contribution in [0.15, 0.2) is 29.2 Å². The van der Waals surface area contributed by atoms with Crippen molar-refractivity contribution in [1.82, 2.24) is 9.78 Å². The molecule has 1 aromatic heterocycles. The van der Waals surface area contributed by atoms with Gasteiger partial charge in [0.1, 0.15) is 5.82 Å². The summed E-state index contributed by atoms with van der Waals surface area (Å²) < 4.78 is 25.2. The van der Waals surface area contributed by atoms with Crippen LogP contribution >= 0.6 is 0 Å². The highest BCUT2D eigenvalue weighted by Gasteiger charge is 2.26. The van der Waals surface area contributed by atoms with Crippen LogP contribution in [0, 0.1) is 11.3 Å². The number of hydrogen-bond acceptors (Lipinski definition) is 6. The van der Waals surface area contributed by atoms with Gasteiger partial charge >= 0.3 is 0 Å². The van der Waals surface area contributed by atoms with Crippen LogP contribution in [0.1, 0.15) is 5.56 Å². The third-order valence-electron chi connectivity index (χ3n) is 2.87. The van der Waals surface area contributed by atoms with Crippen molar-refractivity contribution in [1.29, 1.82) is 5.26 Å². The number of benzene rings is 1. The molecule has 1 aromatic carbocycles. The van der Waals surface area contributed by atoms with Gasteiger partial charge in [0.2, 0.25) is 0 Å². The predicted octanol–water partition coefficient (Wildman–Crippen LogP) is 0.796. The summed E-state index contributed by atoms with van der Waals surface area (Å²) in [7, 11) is -0.153. The minimum Gasteiger partial charge on any atom is -0.382 e. The summed E-state index contributed by atoms with van der Waals surface area (Å²) >= 11 is 0. The Morgan fingerprint density at radius 3 is 2.52 bits per heavy atom. The van der Waals surface area contributed by atoms with Gasteiger partial charge in [-0.15, -0.1) is 5.10 Å². The molecule has 2 N–H and O–H groups in total. The number of nitrogen functional groups attached to an aromatic ring is 1. The van der Waals surface area contributed by atoms with Crippen LogP contribution in [0.4, 0.5) is 11.6 Å². The van der Waals surface area contributed by atoms with E-state index in [1.54, 1.807) is 43.3 Å². The van der Waals surface area contributed by atoms with E-state index in [1.807, 2.05) is 6.07 Å². The van der Waals surface area contributed by atoms with E-state index in [0.717, 1.165) is 6.26 Å². The summed E-state index contributed by atoms with van der Waals surface area (Å²) in [6, 6.07) is 8.65. The second-order valence-corrected chi connectivity index (χ2v) is 6.73. The molecule has 0 unspecified atom stereocenters. The van der Waals surface area contributed by atoms with Crippen LogP contribution in [-0.2, 0) is 9.84 Å². The second-order valence-electron chi connectivity index (χ2n) is 4.78. The van der Waals surface area contributed by atoms with Crippen LogP contribution in [0.3, 0.4) is 0 Å². The number of sulfone groups is 1. The summed E-state index contributed by atoms with van der Waals surface area (Å²) in [6.07, 6.45) is 1.09. The maximum absolute atomic E-state index is 11.9. The summed E-state index contributed by atoms with van der Waals surface area (Å²) in [5.74, 6) is 0.286. The maximum Gasteiger partial charge on any atom is 0.182 e. The number of rotatable bonds is 3. The fourth-order valence-electron chi connectivity index (χ4n) is 1.96.